The molecule has 0 bridgehead atoms. The number of nitrogens with zero attached hydrogens (tertiary/aromatic N) is 2. The van der Waals surface area contributed by atoms with Gasteiger partial charge in [-0.3, -0.25) is 0 Å². The standard InChI is InChI=1S/2CHN2.Mg/c2*2-1-3;/h2*2H;/q2*-1;+2. The molecule has 0 aromatic carbocycles. The van der Waals surface area contributed by atoms with Crippen molar-refractivity contribution in [3.63, 3.8) is 0 Å². The zero-order valence-electron chi connectivity index (χ0n) is 3.60. The van der Waals surface area contributed by atoms with Crippen LogP contribution in [0.2, 0.25) is 0 Å². The fraction of sp³-hybridized carbons (Fsp3) is 0. The third kappa shape index (κ3) is 140. The van der Waals surface area contributed by atoms with Gasteiger partial charge in [0.2, 0.25) is 0 Å². The number of nitrogens with one attached hydrogen (secondary N) is 2. The third-order valence-electron chi connectivity index (χ3n) is 0. The first-order valence-corrected chi connectivity index (χ1v) is 0.947. The quantitative estimate of drug-likeness (QED) is 0.335. The normalized spacial score (nSPS) is 2.00. The second-order valence-corrected chi connectivity index (χ2v) is 0.224. The van der Waals surface area contributed by atoms with Crippen molar-refractivity contribution < 1.29 is 0 Å². The molecule has 0 saturated carbocycles. The summed E-state index contributed by atoms with van der Waals surface area (Å²) in [5.74, 6) is 0. The van der Waals surface area contributed by atoms with Crippen LogP contribution in [0.4, 0.5) is 0 Å². The molecule has 0 aromatic rings. The zero-order valence-corrected chi connectivity index (χ0v) is 5.02. The summed E-state index contributed by atoms with van der Waals surface area (Å²) in [5.41, 5.74) is 11.0. The summed E-state index contributed by atoms with van der Waals surface area (Å²) in [6, 6.07) is 0. The average Bonchev–Trinajstić information content (AvgIpc) is 1.39. The predicted molar refractivity (Wildman–Crippen MR) is 25.6 cm³/mol. The second-order valence-electron chi connectivity index (χ2n) is 0.224. The summed E-state index contributed by atoms with van der Waals surface area (Å²) in [7, 11) is 0. The van der Waals surface area contributed by atoms with Crippen molar-refractivity contribution in [2.45, 2.75) is 0 Å². The molecule has 0 aromatic heterocycles. The molecule has 0 aliphatic heterocycles. The van der Waals surface area contributed by atoms with E-state index in [0.29, 0.717) is 0 Å². The fourth-order valence-electron chi connectivity index (χ4n) is 0. The Kier molecular flexibility index (Phi) is 129. The van der Waals surface area contributed by atoms with E-state index < -0.39 is 0 Å². The van der Waals surface area contributed by atoms with E-state index in [1.165, 1.54) is 0 Å². The van der Waals surface area contributed by atoms with Gasteiger partial charge in [-0.15, -0.1) is 0 Å². The Hall–Kier alpha value is -0.654. The molecule has 0 fully saturated rings. The van der Waals surface area contributed by atoms with Gasteiger partial charge in [0.1, 0.15) is 0 Å². The molecule has 7 heavy (non-hydrogen) atoms. The van der Waals surface area contributed by atoms with Crippen molar-refractivity contribution in [1.82, 2.24) is 0 Å². The molecule has 0 unspecified atom stereocenters. The van der Waals surface area contributed by atoms with Gasteiger partial charge in [0.15, 0.2) is 0 Å². The molecule has 0 atom stereocenters. The van der Waals surface area contributed by atoms with Crippen molar-refractivity contribution in [2.75, 3.05) is 0 Å². The van der Waals surface area contributed by atoms with Gasteiger partial charge >= 0.3 is 23.1 Å². The second kappa shape index (κ2) is 55.7. The zero-order chi connectivity index (χ0) is 5.41. The third-order valence-corrected chi connectivity index (χ3v) is 0. The maximum Gasteiger partial charge on any atom is 2.00 e. The van der Waals surface area contributed by atoms with Gasteiger partial charge in [-0.25, -0.2) is 0 Å². The van der Waals surface area contributed by atoms with Crippen LogP contribution in [-0.4, -0.2) is 23.1 Å². The van der Waals surface area contributed by atoms with E-state index in [0.717, 1.165) is 12.4 Å². The molecular formula is C2H2MgN4. The van der Waals surface area contributed by atoms with Crippen LogP contribution in [0.15, 0.2) is 0 Å². The Morgan fingerprint density at radius 2 is 1.00 bits per heavy atom. The van der Waals surface area contributed by atoms with Crippen molar-refractivity contribution >= 4 is 23.1 Å². The minimum atomic E-state index is 0. The van der Waals surface area contributed by atoms with Gasteiger partial charge in [0, 0.05) is 0 Å². The van der Waals surface area contributed by atoms with Crippen LogP contribution in [0.1, 0.15) is 0 Å². The summed E-state index contributed by atoms with van der Waals surface area (Å²) >= 11 is 0. The largest absolute Gasteiger partial charge is 2.00 e. The summed E-state index contributed by atoms with van der Waals surface area (Å²) in [5, 5.41) is 14.0. The summed E-state index contributed by atoms with van der Waals surface area (Å²) in [4.78, 5) is 0. The van der Waals surface area contributed by atoms with Crippen LogP contribution < -0.4 is 0 Å². The number of hydrogen-bond acceptors (Lipinski definition) is 2. The first-order chi connectivity index (χ1) is 2.83. The molecule has 5 heteroatoms. The molecule has 0 aliphatic carbocycles. The molecule has 0 rings (SSSR count). The SMILES string of the molecule is N#C[NH-].N#C[NH-].[Mg+2]. The Bertz CT molecular complexity index is 64.7. The molecule has 32 valence electrons. The molecule has 4 nitrogen and oxygen atoms in total. The summed E-state index contributed by atoms with van der Waals surface area (Å²) in [6.45, 7) is 0. The smallest absolute Gasteiger partial charge is 0.494 e. The molecule has 0 saturated heterocycles. The van der Waals surface area contributed by atoms with Gasteiger partial charge < -0.3 is 22.0 Å². The van der Waals surface area contributed by atoms with E-state index in [9.17, 15) is 0 Å². The predicted octanol–water partition coefficient (Wildman–Crippen LogP) is 0.659. The van der Waals surface area contributed by atoms with Crippen LogP contribution in [-0.2, 0) is 0 Å². The van der Waals surface area contributed by atoms with E-state index in [-0.39, 0.29) is 23.1 Å². The Morgan fingerprint density at radius 1 is 1.00 bits per heavy atom. The van der Waals surface area contributed by atoms with E-state index >= 15 is 0 Å². The van der Waals surface area contributed by atoms with E-state index in [1.807, 2.05) is 0 Å². The first-order valence-electron chi connectivity index (χ1n) is 0.947. The topological polar surface area (TPSA) is 95.2 Å². The van der Waals surface area contributed by atoms with E-state index in [2.05, 4.69) is 0 Å². The maximum absolute atomic E-state index is 6.99. The van der Waals surface area contributed by atoms with E-state index in [4.69, 9.17) is 22.0 Å². The van der Waals surface area contributed by atoms with Crippen LogP contribution >= 0.6 is 0 Å². The van der Waals surface area contributed by atoms with Crippen molar-refractivity contribution in [3.05, 3.63) is 11.5 Å². The molecule has 0 heterocycles. The first kappa shape index (κ1) is 16.2. The van der Waals surface area contributed by atoms with Gasteiger partial charge in [0.05, 0.1) is 0 Å². The van der Waals surface area contributed by atoms with E-state index in [1.54, 1.807) is 0 Å². The van der Waals surface area contributed by atoms with Crippen molar-refractivity contribution in [3.8, 4) is 12.4 Å². The molecule has 0 spiro atoms. The molecule has 0 aliphatic rings. The molecular weight excluding hydrogens is 104 g/mol. The number of hydrogen-bond donors (Lipinski definition) is 0. The summed E-state index contributed by atoms with van der Waals surface area (Å²) < 4.78 is 0. The van der Waals surface area contributed by atoms with Crippen LogP contribution in [0.25, 0.3) is 11.5 Å². The summed E-state index contributed by atoms with van der Waals surface area (Å²) in [6.07, 6.45) is 2.00. The minimum Gasteiger partial charge on any atom is -0.494 e. The monoisotopic (exact) mass is 106 g/mol. The van der Waals surface area contributed by atoms with Gasteiger partial charge in [-0.05, 0) is 0 Å². The minimum absolute atomic E-state index is 0. The van der Waals surface area contributed by atoms with Gasteiger partial charge in [-0.2, -0.15) is 0 Å². The Balaban J connectivity index is -0.0000000400. The van der Waals surface area contributed by atoms with Crippen LogP contribution in [0.3, 0.4) is 0 Å². The Morgan fingerprint density at radius 3 is 1.00 bits per heavy atom. The average molecular weight is 106 g/mol. The Labute approximate surface area is 57.8 Å². The molecule has 0 radical (unpaired) electrons. The number of rotatable bonds is 0. The van der Waals surface area contributed by atoms with Crippen molar-refractivity contribution in [2.24, 2.45) is 0 Å². The molecule has 0 amide bonds. The maximum atomic E-state index is 6.99. The number of nitriles is 2. The van der Waals surface area contributed by atoms with Gasteiger partial charge in [-0.1, -0.05) is 12.4 Å². The molecule has 2 N–H and O–H groups in total. The van der Waals surface area contributed by atoms with Crippen LogP contribution in [0, 0.1) is 22.9 Å². The van der Waals surface area contributed by atoms with Gasteiger partial charge in [0.25, 0.3) is 0 Å². The fourth-order valence-corrected chi connectivity index (χ4v) is 0. The van der Waals surface area contributed by atoms with Crippen molar-refractivity contribution in [1.29, 1.82) is 10.5 Å². The van der Waals surface area contributed by atoms with Crippen LogP contribution in [0.5, 0.6) is 0 Å².